The Hall–Kier alpha value is -1.81. The first kappa shape index (κ1) is 9.73. The molecule has 0 spiro atoms. The van der Waals surface area contributed by atoms with Gasteiger partial charge in [-0.15, -0.1) is 0 Å². The molecule has 0 amide bonds. The van der Waals surface area contributed by atoms with Crippen molar-refractivity contribution in [2.24, 2.45) is 16.5 Å². The second-order valence-electron chi connectivity index (χ2n) is 3.77. The SMILES string of the molecule is CC1(N)C=C(c2ccccc2)NC(N)=N1. The van der Waals surface area contributed by atoms with Gasteiger partial charge in [0, 0.05) is 5.70 Å². The summed E-state index contributed by atoms with van der Waals surface area (Å²) in [5.74, 6) is 0.348. The molecule has 1 aliphatic heterocycles. The van der Waals surface area contributed by atoms with Gasteiger partial charge < -0.3 is 16.8 Å². The van der Waals surface area contributed by atoms with Crippen molar-refractivity contribution in [1.82, 2.24) is 5.32 Å². The minimum absolute atomic E-state index is 0.348. The summed E-state index contributed by atoms with van der Waals surface area (Å²) < 4.78 is 0. The molecule has 1 unspecified atom stereocenters. The van der Waals surface area contributed by atoms with Gasteiger partial charge in [-0.1, -0.05) is 30.3 Å². The zero-order valence-corrected chi connectivity index (χ0v) is 8.57. The third-order valence-electron chi connectivity index (χ3n) is 2.15. The smallest absolute Gasteiger partial charge is 0.195 e. The van der Waals surface area contributed by atoms with Crippen LogP contribution in [-0.4, -0.2) is 11.6 Å². The lowest BCUT2D eigenvalue weighted by Gasteiger charge is -2.24. The van der Waals surface area contributed by atoms with Crippen molar-refractivity contribution in [2.45, 2.75) is 12.6 Å². The Morgan fingerprint density at radius 1 is 1.27 bits per heavy atom. The van der Waals surface area contributed by atoms with Crippen LogP contribution in [0.15, 0.2) is 41.4 Å². The number of hydrogen-bond donors (Lipinski definition) is 3. The van der Waals surface area contributed by atoms with Crippen LogP contribution in [0.2, 0.25) is 0 Å². The predicted octanol–water partition coefficient (Wildman–Crippen LogP) is 0.620. The fraction of sp³-hybridized carbons (Fsp3) is 0.182. The molecular weight excluding hydrogens is 188 g/mol. The molecule has 0 aliphatic carbocycles. The minimum Gasteiger partial charge on any atom is -0.370 e. The third-order valence-corrected chi connectivity index (χ3v) is 2.15. The van der Waals surface area contributed by atoms with Gasteiger partial charge in [-0.3, -0.25) is 0 Å². The number of rotatable bonds is 1. The molecule has 1 aromatic rings. The number of nitrogens with zero attached hydrogens (tertiary/aromatic N) is 1. The summed E-state index contributed by atoms with van der Waals surface area (Å²) >= 11 is 0. The summed E-state index contributed by atoms with van der Waals surface area (Å²) in [5, 5.41) is 3.00. The third kappa shape index (κ3) is 2.16. The molecule has 0 fully saturated rings. The average molecular weight is 202 g/mol. The molecule has 4 nitrogen and oxygen atoms in total. The van der Waals surface area contributed by atoms with Gasteiger partial charge >= 0.3 is 0 Å². The highest BCUT2D eigenvalue weighted by molar-refractivity contribution is 5.90. The minimum atomic E-state index is -0.736. The van der Waals surface area contributed by atoms with Crippen LogP contribution in [0.25, 0.3) is 5.70 Å². The first-order chi connectivity index (χ1) is 7.07. The molecule has 0 aromatic heterocycles. The van der Waals surface area contributed by atoms with Crippen molar-refractivity contribution >= 4 is 11.7 Å². The quantitative estimate of drug-likeness (QED) is 0.625. The van der Waals surface area contributed by atoms with Gasteiger partial charge in [0.05, 0.1) is 0 Å². The van der Waals surface area contributed by atoms with Gasteiger partial charge in [0.2, 0.25) is 0 Å². The van der Waals surface area contributed by atoms with Crippen molar-refractivity contribution in [2.75, 3.05) is 0 Å². The first-order valence-electron chi connectivity index (χ1n) is 4.76. The molecule has 0 saturated heterocycles. The second-order valence-corrected chi connectivity index (χ2v) is 3.77. The number of aliphatic imine (C=N–C) groups is 1. The van der Waals surface area contributed by atoms with Crippen LogP contribution in [0.4, 0.5) is 0 Å². The largest absolute Gasteiger partial charge is 0.370 e. The van der Waals surface area contributed by atoms with E-state index in [2.05, 4.69) is 10.3 Å². The number of nitrogens with one attached hydrogen (secondary N) is 1. The molecule has 0 bridgehead atoms. The molecule has 1 aliphatic rings. The molecule has 1 aromatic carbocycles. The maximum absolute atomic E-state index is 5.91. The number of hydrogen-bond acceptors (Lipinski definition) is 4. The molecule has 4 heteroatoms. The highest BCUT2D eigenvalue weighted by Crippen LogP contribution is 2.18. The Morgan fingerprint density at radius 2 is 1.93 bits per heavy atom. The standard InChI is InChI=1S/C11H14N4/c1-11(13)7-9(14-10(12)15-11)8-5-3-2-4-6-8/h2-7H,13H2,1H3,(H3,12,14,15). The monoisotopic (exact) mass is 202 g/mol. The van der Waals surface area contributed by atoms with Crippen LogP contribution in [0.5, 0.6) is 0 Å². The van der Waals surface area contributed by atoms with Gasteiger partial charge in [-0.25, -0.2) is 4.99 Å². The first-order valence-corrected chi connectivity index (χ1v) is 4.76. The van der Waals surface area contributed by atoms with Crippen molar-refractivity contribution in [3.8, 4) is 0 Å². The van der Waals surface area contributed by atoms with E-state index in [1.807, 2.05) is 43.3 Å². The second kappa shape index (κ2) is 3.40. The van der Waals surface area contributed by atoms with Crippen LogP contribution in [0.3, 0.4) is 0 Å². The summed E-state index contributed by atoms with van der Waals surface area (Å²) in [6.07, 6.45) is 1.86. The van der Waals surface area contributed by atoms with E-state index in [-0.39, 0.29) is 0 Å². The van der Waals surface area contributed by atoms with Gasteiger partial charge in [-0.05, 0) is 18.6 Å². The van der Waals surface area contributed by atoms with E-state index in [4.69, 9.17) is 11.5 Å². The van der Waals surface area contributed by atoms with E-state index < -0.39 is 5.66 Å². The fourth-order valence-electron chi connectivity index (χ4n) is 1.56. The highest BCUT2D eigenvalue weighted by Gasteiger charge is 2.20. The zero-order valence-electron chi connectivity index (χ0n) is 8.57. The van der Waals surface area contributed by atoms with Crippen molar-refractivity contribution < 1.29 is 0 Å². The maximum atomic E-state index is 5.91. The fourth-order valence-corrected chi connectivity index (χ4v) is 1.56. The van der Waals surface area contributed by atoms with Gasteiger partial charge in [-0.2, -0.15) is 0 Å². The normalized spacial score (nSPS) is 25.2. The van der Waals surface area contributed by atoms with Crippen LogP contribution in [0, 0.1) is 0 Å². The van der Waals surface area contributed by atoms with Crippen molar-refractivity contribution in [3.63, 3.8) is 0 Å². The maximum Gasteiger partial charge on any atom is 0.195 e. The molecule has 5 N–H and O–H groups in total. The lowest BCUT2D eigenvalue weighted by molar-refractivity contribution is 0.609. The Bertz CT molecular complexity index is 417. The number of benzene rings is 1. The molecule has 1 atom stereocenters. The van der Waals surface area contributed by atoms with E-state index in [1.54, 1.807) is 0 Å². The van der Waals surface area contributed by atoms with Crippen LogP contribution < -0.4 is 16.8 Å². The number of nitrogens with two attached hydrogens (primary N) is 2. The van der Waals surface area contributed by atoms with E-state index in [0.717, 1.165) is 11.3 Å². The topological polar surface area (TPSA) is 76.4 Å². The van der Waals surface area contributed by atoms with E-state index in [1.165, 1.54) is 0 Å². The summed E-state index contributed by atoms with van der Waals surface area (Å²) in [6, 6.07) is 9.88. The Balaban J connectivity index is 2.37. The average Bonchev–Trinajstić information content (AvgIpc) is 2.16. The lowest BCUT2D eigenvalue weighted by Crippen LogP contribution is -2.44. The van der Waals surface area contributed by atoms with Crippen LogP contribution >= 0.6 is 0 Å². The molecule has 78 valence electrons. The predicted molar refractivity (Wildman–Crippen MR) is 61.8 cm³/mol. The molecule has 2 rings (SSSR count). The Kier molecular flexibility index (Phi) is 2.21. The van der Waals surface area contributed by atoms with Gasteiger partial charge in [0.15, 0.2) is 5.96 Å². The Labute approximate surface area is 88.7 Å². The van der Waals surface area contributed by atoms with E-state index >= 15 is 0 Å². The molecule has 1 heterocycles. The van der Waals surface area contributed by atoms with Gasteiger partial charge in [0.1, 0.15) is 5.66 Å². The molecular formula is C11H14N4. The zero-order chi connectivity index (χ0) is 10.9. The summed E-state index contributed by atoms with van der Waals surface area (Å²) in [6.45, 7) is 1.81. The van der Waals surface area contributed by atoms with Crippen molar-refractivity contribution in [3.05, 3.63) is 42.0 Å². The summed E-state index contributed by atoms with van der Waals surface area (Å²) in [4.78, 5) is 4.08. The van der Waals surface area contributed by atoms with E-state index in [0.29, 0.717) is 5.96 Å². The molecule has 15 heavy (non-hydrogen) atoms. The summed E-state index contributed by atoms with van der Waals surface area (Å²) in [7, 11) is 0. The summed E-state index contributed by atoms with van der Waals surface area (Å²) in [5.41, 5.74) is 12.8. The van der Waals surface area contributed by atoms with Crippen molar-refractivity contribution in [1.29, 1.82) is 0 Å². The van der Waals surface area contributed by atoms with Gasteiger partial charge in [0.25, 0.3) is 0 Å². The Morgan fingerprint density at radius 3 is 2.53 bits per heavy atom. The highest BCUT2D eigenvalue weighted by atomic mass is 15.2. The van der Waals surface area contributed by atoms with E-state index in [9.17, 15) is 0 Å². The number of guanidine groups is 1. The molecule has 0 saturated carbocycles. The van der Waals surface area contributed by atoms with Crippen LogP contribution in [0.1, 0.15) is 12.5 Å². The lowest BCUT2D eigenvalue weighted by atomic mass is 10.1. The van der Waals surface area contributed by atoms with Crippen LogP contribution in [-0.2, 0) is 0 Å². The molecule has 0 radical (unpaired) electrons.